The van der Waals surface area contributed by atoms with Crippen molar-refractivity contribution in [3.8, 4) is 0 Å². The van der Waals surface area contributed by atoms with Crippen LogP contribution in [0.2, 0.25) is 0 Å². The van der Waals surface area contributed by atoms with Gasteiger partial charge in [-0.05, 0) is 46.3 Å². The Balaban J connectivity index is 4.49. The first-order valence-electron chi connectivity index (χ1n) is 4.24. The summed E-state index contributed by atoms with van der Waals surface area (Å²) in [5, 5.41) is 2.97. The van der Waals surface area contributed by atoms with Crippen molar-refractivity contribution in [2.45, 2.75) is 33.6 Å². The minimum atomic E-state index is -0.0423. The summed E-state index contributed by atoms with van der Waals surface area (Å²) < 4.78 is 0. The van der Waals surface area contributed by atoms with Crippen LogP contribution in [-0.4, -0.2) is 20.8 Å². The highest BCUT2D eigenvalue weighted by atomic mass is 14.8. The van der Waals surface area contributed by atoms with E-state index in [-0.39, 0.29) is 5.94 Å². The number of hydrogen-bond acceptors (Lipinski definition) is 1. The van der Waals surface area contributed by atoms with Crippen molar-refractivity contribution in [3.05, 3.63) is 22.8 Å². The van der Waals surface area contributed by atoms with E-state index in [1.165, 1.54) is 16.7 Å². The van der Waals surface area contributed by atoms with Crippen LogP contribution in [0.5, 0.6) is 0 Å². The van der Waals surface area contributed by atoms with Gasteiger partial charge in [-0.3, -0.25) is 0 Å². The van der Waals surface area contributed by atoms with Gasteiger partial charge >= 0.3 is 0 Å². The minimum absolute atomic E-state index is 0.0423. The smallest absolute Gasteiger partial charge is 0.0963 e. The quantitative estimate of drug-likeness (QED) is 0.495. The molecule has 0 rings (SSSR count). The lowest BCUT2D eigenvalue weighted by molar-refractivity contribution is 0.849. The molecular formula is C10H18BN. The zero-order chi connectivity index (χ0) is 9.72. The van der Waals surface area contributed by atoms with E-state index in [0.29, 0.717) is 0 Å². The SMILES string of the molecule is [B]C(/C=C(/C)C(C)=C(C)C)NC. The molecule has 66 valence electrons. The van der Waals surface area contributed by atoms with Gasteiger partial charge in [-0.15, -0.1) is 0 Å². The van der Waals surface area contributed by atoms with Crippen LogP contribution in [0.3, 0.4) is 0 Å². The summed E-state index contributed by atoms with van der Waals surface area (Å²) in [7, 11) is 7.56. The van der Waals surface area contributed by atoms with Gasteiger partial charge in [0.05, 0.1) is 7.85 Å². The van der Waals surface area contributed by atoms with Crippen LogP contribution in [0.25, 0.3) is 0 Å². The third kappa shape index (κ3) is 3.77. The zero-order valence-corrected chi connectivity index (χ0v) is 8.73. The zero-order valence-electron chi connectivity index (χ0n) is 8.73. The molecule has 0 aliphatic heterocycles. The van der Waals surface area contributed by atoms with Crippen molar-refractivity contribution < 1.29 is 0 Å². The van der Waals surface area contributed by atoms with Crippen LogP contribution >= 0.6 is 0 Å². The van der Waals surface area contributed by atoms with Crippen LogP contribution in [0.4, 0.5) is 0 Å². The molecule has 1 nitrogen and oxygen atoms in total. The molecule has 1 N–H and O–H groups in total. The second kappa shape index (κ2) is 5.20. The molecule has 2 heteroatoms. The average Bonchev–Trinajstić information content (AvgIpc) is 2.02. The lowest BCUT2D eigenvalue weighted by atomic mass is 9.92. The summed E-state index contributed by atoms with van der Waals surface area (Å²) in [4.78, 5) is 0. The van der Waals surface area contributed by atoms with Crippen LogP contribution in [0.15, 0.2) is 22.8 Å². The maximum atomic E-state index is 5.70. The van der Waals surface area contributed by atoms with Crippen molar-refractivity contribution in [2.24, 2.45) is 0 Å². The molecule has 0 saturated heterocycles. The third-order valence-electron chi connectivity index (χ3n) is 2.10. The van der Waals surface area contributed by atoms with Crippen molar-refractivity contribution in [1.82, 2.24) is 5.32 Å². The predicted octanol–water partition coefficient (Wildman–Crippen LogP) is 2.00. The van der Waals surface area contributed by atoms with E-state index in [2.05, 4.69) is 33.0 Å². The monoisotopic (exact) mass is 163 g/mol. The third-order valence-corrected chi connectivity index (χ3v) is 2.10. The molecule has 0 aliphatic carbocycles. The van der Waals surface area contributed by atoms with Gasteiger partial charge in [-0.1, -0.05) is 17.2 Å². The highest BCUT2D eigenvalue weighted by Gasteiger charge is 1.97. The number of rotatable bonds is 3. The molecule has 0 saturated carbocycles. The van der Waals surface area contributed by atoms with Gasteiger partial charge in [0.25, 0.3) is 0 Å². The molecule has 0 aliphatic rings. The maximum Gasteiger partial charge on any atom is 0.0963 e. The molecule has 0 amide bonds. The average molecular weight is 163 g/mol. The van der Waals surface area contributed by atoms with Gasteiger partial charge in [0, 0.05) is 0 Å². The van der Waals surface area contributed by atoms with Gasteiger partial charge in [0.2, 0.25) is 0 Å². The summed E-state index contributed by atoms with van der Waals surface area (Å²) in [5.74, 6) is -0.0423. The van der Waals surface area contributed by atoms with Gasteiger partial charge < -0.3 is 5.32 Å². The lowest BCUT2D eigenvalue weighted by Gasteiger charge is -2.09. The van der Waals surface area contributed by atoms with E-state index in [1.807, 2.05) is 13.1 Å². The topological polar surface area (TPSA) is 12.0 Å². The highest BCUT2D eigenvalue weighted by Crippen LogP contribution is 2.12. The first-order valence-corrected chi connectivity index (χ1v) is 4.24. The Hall–Kier alpha value is -0.495. The normalized spacial score (nSPS) is 14.2. The lowest BCUT2D eigenvalue weighted by Crippen LogP contribution is -2.22. The molecule has 2 radical (unpaired) electrons. The first kappa shape index (κ1) is 11.5. The Bertz CT molecular complexity index is 200. The molecule has 0 fully saturated rings. The Morgan fingerprint density at radius 1 is 1.25 bits per heavy atom. The molecule has 0 spiro atoms. The number of nitrogens with one attached hydrogen (secondary N) is 1. The fraction of sp³-hybridized carbons (Fsp3) is 0.600. The van der Waals surface area contributed by atoms with Crippen LogP contribution in [0.1, 0.15) is 27.7 Å². The fourth-order valence-electron chi connectivity index (χ4n) is 0.872. The van der Waals surface area contributed by atoms with Gasteiger partial charge in [-0.25, -0.2) is 0 Å². The first-order chi connectivity index (χ1) is 5.49. The van der Waals surface area contributed by atoms with E-state index < -0.39 is 0 Å². The molecule has 0 heterocycles. The minimum Gasteiger partial charge on any atom is -0.322 e. The Labute approximate surface area is 77.3 Å². The molecule has 12 heavy (non-hydrogen) atoms. The molecule has 0 aromatic heterocycles. The van der Waals surface area contributed by atoms with Crippen molar-refractivity contribution >= 4 is 7.85 Å². The highest BCUT2D eigenvalue weighted by molar-refractivity contribution is 6.13. The van der Waals surface area contributed by atoms with E-state index in [0.717, 1.165) is 0 Å². The summed E-state index contributed by atoms with van der Waals surface area (Å²) in [6.07, 6.45) is 2.03. The Kier molecular flexibility index (Phi) is 4.99. The van der Waals surface area contributed by atoms with Crippen LogP contribution in [-0.2, 0) is 0 Å². The second-order valence-electron chi connectivity index (χ2n) is 3.29. The molecule has 1 atom stereocenters. The van der Waals surface area contributed by atoms with E-state index >= 15 is 0 Å². The van der Waals surface area contributed by atoms with Crippen LogP contribution < -0.4 is 5.32 Å². The van der Waals surface area contributed by atoms with Gasteiger partial charge in [0.1, 0.15) is 0 Å². The van der Waals surface area contributed by atoms with Crippen molar-refractivity contribution in [2.75, 3.05) is 7.05 Å². The van der Waals surface area contributed by atoms with Gasteiger partial charge in [0.15, 0.2) is 0 Å². The molecule has 0 aromatic carbocycles. The summed E-state index contributed by atoms with van der Waals surface area (Å²) >= 11 is 0. The molecule has 0 aromatic rings. The number of likely N-dealkylation sites (N-methyl/N-ethyl adjacent to an activating group) is 1. The second-order valence-corrected chi connectivity index (χ2v) is 3.29. The summed E-state index contributed by atoms with van der Waals surface area (Å²) in [6.45, 7) is 8.41. The summed E-state index contributed by atoms with van der Waals surface area (Å²) in [6, 6.07) is 0. The molecular weight excluding hydrogens is 145 g/mol. The van der Waals surface area contributed by atoms with Crippen LogP contribution in [0, 0.1) is 0 Å². The number of hydrogen-bond donors (Lipinski definition) is 1. The number of allylic oxidation sites excluding steroid dienone is 3. The van der Waals surface area contributed by atoms with E-state index in [9.17, 15) is 0 Å². The molecule has 0 bridgehead atoms. The van der Waals surface area contributed by atoms with Crippen molar-refractivity contribution in [1.29, 1.82) is 0 Å². The van der Waals surface area contributed by atoms with E-state index in [4.69, 9.17) is 7.85 Å². The maximum absolute atomic E-state index is 5.70. The van der Waals surface area contributed by atoms with Crippen molar-refractivity contribution in [3.63, 3.8) is 0 Å². The fourth-order valence-corrected chi connectivity index (χ4v) is 0.872. The summed E-state index contributed by atoms with van der Waals surface area (Å²) in [5.41, 5.74) is 3.91. The van der Waals surface area contributed by atoms with E-state index in [1.54, 1.807) is 0 Å². The Morgan fingerprint density at radius 3 is 2.08 bits per heavy atom. The predicted molar refractivity (Wildman–Crippen MR) is 56.4 cm³/mol. The molecule has 1 unspecified atom stereocenters. The van der Waals surface area contributed by atoms with Gasteiger partial charge in [-0.2, -0.15) is 0 Å². The Morgan fingerprint density at radius 2 is 1.75 bits per heavy atom. The standard InChI is InChI=1S/C10H18BN/c1-7(2)9(4)8(3)6-10(11)12-5/h6,10,12H,1-5H3/b8-6-. The largest absolute Gasteiger partial charge is 0.322 e.